The summed E-state index contributed by atoms with van der Waals surface area (Å²) in [5, 5.41) is 7.33. The number of amides is 1. The maximum absolute atomic E-state index is 13.2. The Morgan fingerprint density at radius 1 is 1.20 bits per heavy atom. The number of nitrogens with zero attached hydrogens (tertiary/aromatic N) is 4. The minimum Gasteiger partial charge on any atom is -0.383 e. The van der Waals surface area contributed by atoms with E-state index in [0.29, 0.717) is 27.8 Å². The van der Waals surface area contributed by atoms with Crippen LogP contribution in [0.2, 0.25) is 0 Å². The van der Waals surface area contributed by atoms with Crippen molar-refractivity contribution in [1.82, 2.24) is 20.0 Å². The number of nitrogens with two attached hydrogens (primary N) is 1. The first-order chi connectivity index (χ1) is 14.5. The van der Waals surface area contributed by atoms with Crippen LogP contribution in [0, 0.1) is 5.82 Å². The van der Waals surface area contributed by atoms with Gasteiger partial charge in [0, 0.05) is 6.04 Å². The van der Waals surface area contributed by atoms with Gasteiger partial charge in [-0.2, -0.15) is 9.78 Å². The van der Waals surface area contributed by atoms with Gasteiger partial charge in [-0.15, -0.1) is 0 Å². The average Bonchev–Trinajstić information content (AvgIpc) is 3.01. The molecule has 0 spiro atoms. The minimum atomic E-state index is -0.334. The number of anilines is 1. The lowest BCUT2D eigenvalue weighted by atomic mass is 10.2. The van der Waals surface area contributed by atoms with Crippen molar-refractivity contribution in [1.29, 1.82) is 0 Å². The summed E-state index contributed by atoms with van der Waals surface area (Å²) in [6.45, 7) is 3.90. The van der Waals surface area contributed by atoms with Gasteiger partial charge in [-0.05, 0) is 43.2 Å². The molecule has 1 unspecified atom stereocenters. The molecular formula is C22H21FN6O. The van der Waals surface area contributed by atoms with E-state index >= 15 is 0 Å². The number of halogens is 1. The normalized spacial score (nSPS) is 12.6. The van der Waals surface area contributed by atoms with Crippen molar-refractivity contribution >= 4 is 40.1 Å². The summed E-state index contributed by atoms with van der Waals surface area (Å²) in [7, 11) is 0. The number of para-hydroxylation sites is 2. The van der Waals surface area contributed by atoms with Crippen LogP contribution >= 0.6 is 0 Å². The molecule has 0 saturated carbocycles. The summed E-state index contributed by atoms with van der Waals surface area (Å²) in [6.07, 6.45) is 2.31. The first-order valence-electron chi connectivity index (χ1n) is 9.65. The molecule has 3 N–H and O–H groups in total. The van der Waals surface area contributed by atoms with Gasteiger partial charge >= 0.3 is 0 Å². The Bertz CT molecular complexity index is 1260. The van der Waals surface area contributed by atoms with Gasteiger partial charge < -0.3 is 11.1 Å². The van der Waals surface area contributed by atoms with Crippen LogP contribution < -0.4 is 11.1 Å². The predicted octanol–water partition coefficient (Wildman–Crippen LogP) is 3.72. The third-order valence-electron chi connectivity index (χ3n) is 4.88. The highest BCUT2D eigenvalue weighted by molar-refractivity contribution is 6.10. The zero-order chi connectivity index (χ0) is 21.3. The van der Waals surface area contributed by atoms with Crippen LogP contribution in [0.3, 0.4) is 0 Å². The molecule has 30 heavy (non-hydrogen) atoms. The number of hydrogen-bond donors (Lipinski definition) is 2. The molecule has 0 saturated heterocycles. The van der Waals surface area contributed by atoms with Gasteiger partial charge in [0.25, 0.3) is 5.91 Å². The van der Waals surface area contributed by atoms with Crippen molar-refractivity contribution in [3.05, 3.63) is 65.5 Å². The van der Waals surface area contributed by atoms with E-state index in [4.69, 9.17) is 5.73 Å². The van der Waals surface area contributed by atoms with Gasteiger partial charge in [-0.25, -0.2) is 14.4 Å². The molecular weight excluding hydrogens is 383 g/mol. The van der Waals surface area contributed by atoms with Gasteiger partial charge in [0.05, 0.1) is 17.2 Å². The van der Waals surface area contributed by atoms with Crippen LogP contribution in [0.5, 0.6) is 0 Å². The monoisotopic (exact) mass is 404 g/mol. The lowest BCUT2D eigenvalue weighted by Gasteiger charge is -2.11. The first kappa shape index (κ1) is 19.5. The van der Waals surface area contributed by atoms with E-state index in [1.807, 2.05) is 38.1 Å². The zero-order valence-electron chi connectivity index (χ0n) is 16.6. The molecule has 1 atom stereocenters. The molecule has 4 aromatic rings. The molecule has 0 aliphatic carbocycles. The standard InChI is InChI=1S/C22H21FN6O/c1-3-13(2)26-22(30)18-19-21(28-17-7-5-4-6-16(17)27-19)29(20(18)24)25-12-14-8-10-15(23)11-9-14/h4-13H,3,24H2,1-2H3,(H,26,30). The summed E-state index contributed by atoms with van der Waals surface area (Å²) in [5.41, 5.74) is 9.32. The molecule has 0 bridgehead atoms. The number of carbonyl (C=O) groups excluding carboxylic acids is 1. The summed E-state index contributed by atoms with van der Waals surface area (Å²) < 4.78 is 14.6. The van der Waals surface area contributed by atoms with Crippen molar-refractivity contribution < 1.29 is 9.18 Å². The van der Waals surface area contributed by atoms with Crippen LogP contribution in [0.4, 0.5) is 10.2 Å². The Morgan fingerprint density at radius 3 is 2.53 bits per heavy atom. The molecule has 0 aliphatic heterocycles. The Morgan fingerprint density at radius 2 is 1.87 bits per heavy atom. The maximum atomic E-state index is 13.2. The molecule has 2 aromatic carbocycles. The zero-order valence-corrected chi connectivity index (χ0v) is 16.6. The number of fused-ring (bicyclic) bond motifs is 2. The van der Waals surface area contributed by atoms with Crippen molar-refractivity contribution in [2.75, 3.05) is 5.73 Å². The van der Waals surface area contributed by atoms with Crippen LogP contribution in [-0.2, 0) is 0 Å². The van der Waals surface area contributed by atoms with E-state index < -0.39 is 0 Å². The molecule has 152 valence electrons. The third-order valence-corrected chi connectivity index (χ3v) is 4.88. The molecule has 2 aromatic heterocycles. The highest BCUT2D eigenvalue weighted by Gasteiger charge is 2.24. The van der Waals surface area contributed by atoms with E-state index in [9.17, 15) is 9.18 Å². The second-order valence-electron chi connectivity index (χ2n) is 7.04. The van der Waals surface area contributed by atoms with Crippen molar-refractivity contribution in [2.45, 2.75) is 26.3 Å². The van der Waals surface area contributed by atoms with Crippen molar-refractivity contribution in [2.24, 2.45) is 5.10 Å². The highest BCUT2D eigenvalue weighted by Crippen LogP contribution is 2.28. The lowest BCUT2D eigenvalue weighted by Crippen LogP contribution is -2.32. The number of nitrogen functional groups attached to an aromatic ring is 1. The number of benzene rings is 2. The Labute approximate surface area is 172 Å². The van der Waals surface area contributed by atoms with Gasteiger partial charge in [0.1, 0.15) is 22.7 Å². The summed E-state index contributed by atoms with van der Waals surface area (Å²) in [5.74, 6) is -0.522. The summed E-state index contributed by atoms with van der Waals surface area (Å²) >= 11 is 0. The van der Waals surface area contributed by atoms with E-state index in [2.05, 4.69) is 20.4 Å². The first-order valence-corrected chi connectivity index (χ1v) is 9.65. The van der Waals surface area contributed by atoms with E-state index in [1.54, 1.807) is 12.1 Å². The topological polar surface area (TPSA) is 98.2 Å². The minimum absolute atomic E-state index is 0.0218. The van der Waals surface area contributed by atoms with Gasteiger partial charge in [0.15, 0.2) is 5.65 Å². The van der Waals surface area contributed by atoms with Crippen LogP contribution in [0.1, 0.15) is 36.2 Å². The van der Waals surface area contributed by atoms with Gasteiger partial charge in [-0.1, -0.05) is 31.2 Å². The fourth-order valence-corrected chi connectivity index (χ4v) is 3.06. The van der Waals surface area contributed by atoms with Crippen LogP contribution in [0.25, 0.3) is 22.2 Å². The number of nitrogens with one attached hydrogen (secondary N) is 1. The Hall–Kier alpha value is -3.81. The molecule has 1 amide bonds. The van der Waals surface area contributed by atoms with Crippen molar-refractivity contribution in [3.8, 4) is 0 Å². The molecule has 4 rings (SSSR count). The third kappa shape index (κ3) is 3.59. The van der Waals surface area contributed by atoms with E-state index in [1.165, 1.54) is 23.0 Å². The molecule has 0 aliphatic rings. The second-order valence-corrected chi connectivity index (χ2v) is 7.04. The summed E-state index contributed by atoms with van der Waals surface area (Å²) in [4.78, 5) is 22.2. The molecule has 7 nitrogen and oxygen atoms in total. The number of hydrogen-bond acceptors (Lipinski definition) is 5. The quantitative estimate of drug-likeness (QED) is 0.495. The average molecular weight is 404 g/mol. The SMILES string of the molecule is CCC(C)NC(=O)c1c(N)n(N=Cc2ccc(F)cc2)c2nc3ccccc3nc12. The van der Waals surface area contributed by atoms with Crippen LogP contribution in [-0.4, -0.2) is 32.8 Å². The second kappa shape index (κ2) is 7.90. The van der Waals surface area contributed by atoms with E-state index in [0.717, 1.165) is 6.42 Å². The largest absolute Gasteiger partial charge is 0.383 e. The van der Waals surface area contributed by atoms with Gasteiger partial charge in [-0.3, -0.25) is 4.79 Å². The Balaban J connectivity index is 1.89. The van der Waals surface area contributed by atoms with E-state index in [-0.39, 0.29) is 29.1 Å². The van der Waals surface area contributed by atoms with Gasteiger partial charge in [0.2, 0.25) is 0 Å². The number of aromatic nitrogens is 3. The summed E-state index contributed by atoms with van der Waals surface area (Å²) in [6, 6.07) is 13.2. The molecule has 0 fully saturated rings. The lowest BCUT2D eigenvalue weighted by molar-refractivity contribution is 0.0941. The predicted molar refractivity (Wildman–Crippen MR) is 116 cm³/mol. The molecule has 2 heterocycles. The maximum Gasteiger partial charge on any atom is 0.257 e. The fraction of sp³-hybridized carbons (Fsp3) is 0.182. The number of carbonyl (C=O) groups is 1. The molecule has 8 heteroatoms. The Kier molecular flexibility index (Phi) is 5.14. The smallest absolute Gasteiger partial charge is 0.257 e. The highest BCUT2D eigenvalue weighted by atomic mass is 19.1. The van der Waals surface area contributed by atoms with Crippen molar-refractivity contribution in [3.63, 3.8) is 0 Å². The molecule has 0 radical (unpaired) electrons. The fourth-order valence-electron chi connectivity index (χ4n) is 3.06. The van der Waals surface area contributed by atoms with Crippen LogP contribution in [0.15, 0.2) is 53.6 Å². The number of rotatable bonds is 5.